The fraction of sp³-hybridized carbons (Fsp3) is 0.429. The second-order valence-electron chi connectivity index (χ2n) is 7.57. The summed E-state index contributed by atoms with van der Waals surface area (Å²) >= 11 is 0. The minimum atomic E-state index is 0.0391. The molecule has 1 aromatic carbocycles. The topological polar surface area (TPSA) is 62.6 Å². The highest BCUT2D eigenvalue weighted by Gasteiger charge is 2.20. The average molecular weight is 366 g/mol. The Bertz CT molecular complexity index is 1020. The van der Waals surface area contributed by atoms with Crippen LogP contribution in [0.15, 0.2) is 35.1 Å². The molecule has 0 spiro atoms. The van der Waals surface area contributed by atoms with E-state index >= 15 is 0 Å². The van der Waals surface area contributed by atoms with E-state index in [0.717, 1.165) is 55.2 Å². The van der Waals surface area contributed by atoms with Gasteiger partial charge in [-0.25, -0.2) is 9.50 Å². The Morgan fingerprint density at radius 2 is 2.04 bits per heavy atom. The molecule has 0 saturated heterocycles. The number of nitrogens with one attached hydrogen (secondary N) is 1. The van der Waals surface area contributed by atoms with Crippen LogP contribution in [0.1, 0.15) is 36.4 Å². The average Bonchev–Trinajstić information content (AvgIpc) is 2.87. The van der Waals surface area contributed by atoms with Crippen LogP contribution in [-0.4, -0.2) is 38.7 Å². The molecule has 27 heavy (non-hydrogen) atoms. The van der Waals surface area contributed by atoms with Crippen molar-refractivity contribution in [1.29, 1.82) is 0 Å². The smallest absolute Gasteiger partial charge is 0.276 e. The van der Waals surface area contributed by atoms with Gasteiger partial charge in [-0.1, -0.05) is 12.1 Å². The van der Waals surface area contributed by atoms with Gasteiger partial charge in [0, 0.05) is 43.4 Å². The van der Waals surface area contributed by atoms with Gasteiger partial charge in [-0.15, -0.1) is 0 Å². The van der Waals surface area contributed by atoms with E-state index in [1.165, 1.54) is 5.56 Å². The van der Waals surface area contributed by atoms with Crippen LogP contribution >= 0.6 is 0 Å². The van der Waals surface area contributed by atoms with Gasteiger partial charge in [0.25, 0.3) is 5.56 Å². The highest BCUT2D eigenvalue weighted by atomic mass is 16.5. The number of benzene rings is 1. The van der Waals surface area contributed by atoms with Crippen LogP contribution in [0, 0.1) is 6.92 Å². The lowest BCUT2D eigenvalue weighted by Crippen LogP contribution is -2.26. The molecule has 0 aliphatic carbocycles. The number of aromatic nitrogens is 3. The van der Waals surface area contributed by atoms with Crippen molar-refractivity contribution in [3.8, 4) is 5.75 Å². The van der Waals surface area contributed by atoms with E-state index in [-0.39, 0.29) is 11.7 Å². The molecule has 0 saturated carbocycles. The van der Waals surface area contributed by atoms with Crippen LogP contribution in [0.4, 0.5) is 0 Å². The predicted molar refractivity (Wildman–Crippen MR) is 105 cm³/mol. The number of hydrogen-bond acceptors (Lipinski definition) is 4. The van der Waals surface area contributed by atoms with Crippen molar-refractivity contribution in [3.63, 3.8) is 0 Å². The Hall–Kier alpha value is -2.60. The summed E-state index contributed by atoms with van der Waals surface area (Å²) in [5.74, 6) is 0.908. The molecule has 0 bridgehead atoms. The molecule has 0 unspecified atom stereocenters. The third kappa shape index (κ3) is 3.76. The first-order valence-electron chi connectivity index (χ1n) is 9.57. The van der Waals surface area contributed by atoms with E-state index in [9.17, 15) is 4.79 Å². The zero-order chi connectivity index (χ0) is 19.0. The minimum Gasteiger partial charge on any atom is -0.491 e. The number of aryl methyl sites for hydroxylation is 1. The highest BCUT2D eigenvalue weighted by molar-refractivity contribution is 5.42. The van der Waals surface area contributed by atoms with Crippen LogP contribution in [-0.2, 0) is 19.4 Å². The molecule has 2 aromatic heterocycles. The maximum atomic E-state index is 12.8. The van der Waals surface area contributed by atoms with Gasteiger partial charge in [0.05, 0.1) is 11.8 Å². The molecule has 4 rings (SSSR count). The Kier molecular flexibility index (Phi) is 4.74. The van der Waals surface area contributed by atoms with Gasteiger partial charge >= 0.3 is 0 Å². The summed E-state index contributed by atoms with van der Waals surface area (Å²) in [7, 11) is 0. The number of ether oxygens (including phenoxy) is 1. The molecule has 0 radical (unpaired) electrons. The van der Waals surface area contributed by atoms with Gasteiger partial charge in [-0.3, -0.25) is 14.8 Å². The summed E-state index contributed by atoms with van der Waals surface area (Å²) in [5.41, 5.74) is 4.71. The molecule has 0 amide bonds. The van der Waals surface area contributed by atoms with E-state index in [1.54, 1.807) is 4.52 Å². The van der Waals surface area contributed by atoms with Crippen LogP contribution in [0.2, 0.25) is 0 Å². The third-order valence-electron chi connectivity index (χ3n) is 4.94. The van der Waals surface area contributed by atoms with Crippen molar-refractivity contribution in [2.24, 2.45) is 0 Å². The zero-order valence-electron chi connectivity index (χ0n) is 16.2. The van der Waals surface area contributed by atoms with Crippen molar-refractivity contribution in [2.45, 2.75) is 46.3 Å². The molecule has 1 aliphatic rings. The lowest BCUT2D eigenvalue weighted by molar-refractivity contribution is 0.241. The van der Waals surface area contributed by atoms with Crippen molar-refractivity contribution in [3.05, 3.63) is 63.2 Å². The van der Waals surface area contributed by atoms with E-state index in [2.05, 4.69) is 22.1 Å². The van der Waals surface area contributed by atoms with Crippen LogP contribution in [0.5, 0.6) is 5.75 Å². The monoisotopic (exact) mass is 366 g/mol. The van der Waals surface area contributed by atoms with Crippen LogP contribution in [0.25, 0.3) is 5.65 Å². The number of nitrogens with zero attached hydrogens (tertiary/aromatic N) is 3. The zero-order valence-corrected chi connectivity index (χ0v) is 16.2. The molecule has 0 fully saturated rings. The summed E-state index contributed by atoms with van der Waals surface area (Å²) in [6.07, 6.45) is 1.69. The summed E-state index contributed by atoms with van der Waals surface area (Å²) < 4.78 is 7.37. The first-order valence-corrected chi connectivity index (χ1v) is 9.57. The number of aromatic amines is 1. The molecular weight excluding hydrogens is 340 g/mol. The lowest BCUT2D eigenvalue weighted by atomic mass is 10.1. The second kappa shape index (κ2) is 7.19. The molecule has 142 valence electrons. The number of hydrogen-bond donors (Lipinski definition) is 1. The van der Waals surface area contributed by atoms with Crippen molar-refractivity contribution in [1.82, 2.24) is 19.5 Å². The maximum Gasteiger partial charge on any atom is 0.276 e. The minimum absolute atomic E-state index is 0.0391. The molecule has 3 aromatic rings. The van der Waals surface area contributed by atoms with Crippen molar-refractivity contribution < 1.29 is 4.74 Å². The number of H-pyrrole nitrogens is 1. The predicted octanol–water partition coefficient (Wildman–Crippen LogP) is 2.72. The standard InChI is InChI=1S/C21H26N4O2/c1-14(2)27-17-6-4-5-16(12-17)13-24-9-7-18-19(8-10-24)22-20-11-15(3)23-25(20)21(18)26/h4-6,11-12,14,23H,7-10,13H2,1-3H3. The van der Waals surface area contributed by atoms with Gasteiger partial charge in [0.2, 0.25) is 0 Å². The molecular formula is C21H26N4O2. The fourth-order valence-corrected chi connectivity index (χ4v) is 3.73. The summed E-state index contributed by atoms with van der Waals surface area (Å²) in [5, 5.41) is 3.08. The van der Waals surface area contributed by atoms with E-state index in [0.29, 0.717) is 5.65 Å². The fourth-order valence-electron chi connectivity index (χ4n) is 3.73. The Labute approximate surface area is 158 Å². The SMILES string of the molecule is Cc1cc2nc3c(c(=O)n2[nH]1)CCN(Cc1cccc(OC(C)C)c1)CC3. The number of rotatable bonds is 4. The molecule has 3 heterocycles. The third-order valence-corrected chi connectivity index (χ3v) is 4.94. The quantitative estimate of drug-likeness (QED) is 0.771. The molecule has 6 nitrogen and oxygen atoms in total. The van der Waals surface area contributed by atoms with Gasteiger partial charge in [-0.05, 0) is 44.9 Å². The summed E-state index contributed by atoms with van der Waals surface area (Å²) in [4.78, 5) is 19.9. The van der Waals surface area contributed by atoms with Gasteiger partial charge in [-0.2, -0.15) is 0 Å². The summed E-state index contributed by atoms with van der Waals surface area (Å²) in [6.45, 7) is 8.61. The molecule has 1 N–H and O–H groups in total. The Balaban J connectivity index is 1.52. The highest BCUT2D eigenvalue weighted by Crippen LogP contribution is 2.18. The lowest BCUT2D eigenvalue weighted by Gasteiger charge is -2.20. The van der Waals surface area contributed by atoms with Gasteiger partial charge < -0.3 is 4.74 Å². The van der Waals surface area contributed by atoms with Crippen LogP contribution < -0.4 is 10.3 Å². The van der Waals surface area contributed by atoms with Crippen molar-refractivity contribution in [2.75, 3.05) is 13.1 Å². The molecule has 1 aliphatic heterocycles. The molecule has 0 atom stereocenters. The Morgan fingerprint density at radius 3 is 2.85 bits per heavy atom. The molecule has 6 heteroatoms. The van der Waals surface area contributed by atoms with Crippen molar-refractivity contribution >= 4 is 5.65 Å². The van der Waals surface area contributed by atoms with Gasteiger partial charge in [0.15, 0.2) is 5.65 Å². The van der Waals surface area contributed by atoms with E-state index in [4.69, 9.17) is 9.72 Å². The van der Waals surface area contributed by atoms with Gasteiger partial charge in [0.1, 0.15) is 5.75 Å². The van der Waals surface area contributed by atoms with E-state index < -0.39 is 0 Å². The first kappa shape index (κ1) is 17.8. The maximum absolute atomic E-state index is 12.8. The van der Waals surface area contributed by atoms with Crippen LogP contribution in [0.3, 0.4) is 0 Å². The largest absolute Gasteiger partial charge is 0.491 e. The summed E-state index contributed by atoms with van der Waals surface area (Å²) in [6, 6.07) is 10.2. The Morgan fingerprint density at radius 1 is 1.22 bits per heavy atom. The normalized spacial score (nSPS) is 15.1. The van der Waals surface area contributed by atoms with E-state index in [1.807, 2.05) is 39.0 Å². The second-order valence-corrected chi connectivity index (χ2v) is 7.57. The first-order chi connectivity index (χ1) is 13.0. The number of fused-ring (bicyclic) bond motifs is 2.